The summed E-state index contributed by atoms with van der Waals surface area (Å²) in [5.74, 6) is -0.477. The molecule has 32 heavy (non-hydrogen) atoms. The normalized spacial score (nSPS) is 11.2. The molecule has 3 aromatic carbocycles. The molecule has 0 unspecified atom stereocenters. The molecule has 0 saturated heterocycles. The first-order valence-corrected chi connectivity index (χ1v) is 11.1. The van der Waals surface area contributed by atoms with Gasteiger partial charge in [-0.05, 0) is 67.1 Å². The number of aryl methyl sites for hydroxylation is 1. The highest BCUT2D eigenvalue weighted by Gasteiger charge is 2.16. The zero-order chi connectivity index (χ0) is 22.7. The molecule has 4 rings (SSSR count). The highest BCUT2D eigenvalue weighted by atomic mass is 32.2. The number of amides is 1. The molecule has 0 aliphatic heterocycles. The van der Waals surface area contributed by atoms with E-state index in [2.05, 4.69) is 15.1 Å². The van der Waals surface area contributed by atoms with E-state index in [1.807, 2.05) is 30.3 Å². The SMILES string of the molecule is Cc1cc(S(=O)(=O)Nc2ccc(C(=O)Nc3ccn(-c4ccccc4)n3)cc2)ccc1F. The maximum Gasteiger partial charge on any atom is 0.261 e. The first kappa shape index (κ1) is 21.3. The number of nitrogens with one attached hydrogen (secondary N) is 2. The molecule has 2 N–H and O–H groups in total. The molecule has 9 heteroatoms. The predicted molar refractivity (Wildman–Crippen MR) is 120 cm³/mol. The Balaban J connectivity index is 1.44. The molecule has 0 bridgehead atoms. The van der Waals surface area contributed by atoms with E-state index in [4.69, 9.17) is 0 Å². The minimum Gasteiger partial charge on any atom is -0.305 e. The Morgan fingerprint density at radius 1 is 0.969 bits per heavy atom. The Morgan fingerprint density at radius 2 is 1.69 bits per heavy atom. The van der Waals surface area contributed by atoms with Crippen LogP contribution in [0.4, 0.5) is 15.9 Å². The lowest BCUT2D eigenvalue weighted by Crippen LogP contribution is -2.15. The van der Waals surface area contributed by atoms with E-state index in [0.717, 1.165) is 11.8 Å². The van der Waals surface area contributed by atoms with Crippen molar-refractivity contribution < 1.29 is 17.6 Å². The fourth-order valence-corrected chi connectivity index (χ4v) is 4.14. The number of benzene rings is 3. The Morgan fingerprint density at radius 3 is 2.38 bits per heavy atom. The second kappa shape index (κ2) is 8.64. The van der Waals surface area contributed by atoms with Gasteiger partial charge in [0.2, 0.25) is 0 Å². The Bertz CT molecular complexity index is 1370. The zero-order valence-corrected chi connectivity index (χ0v) is 17.8. The summed E-state index contributed by atoms with van der Waals surface area (Å²) < 4.78 is 42.5. The highest BCUT2D eigenvalue weighted by Crippen LogP contribution is 2.19. The standard InChI is InChI=1S/C23H19FN4O3S/c1-16-15-20(11-12-21(16)24)32(30,31)27-18-9-7-17(8-10-18)23(29)25-22-13-14-28(26-22)19-5-3-2-4-6-19/h2-15,27H,1H3,(H,25,26,29). The molecule has 0 aliphatic carbocycles. The van der Waals surface area contributed by atoms with Gasteiger partial charge >= 0.3 is 0 Å². The third-order valence-corrected chi connectivity index (χ3v) is 6.07. The summed E-state index contributed by atoms with van der Waals surface area (Å²) in [7, 11) is -3.89. The number of carbonyl (C=O) groups excluding carboxylic acids is 1. The van der Waals surface area contributed by atoms with Crippen LogP contribution in [-0.2, 0) is 10.0 Å². The van der Waals surface area contributed by atoms with Gasteiger partial charge in [-0.25, -0.2) is 17.5 Å². The van der Waals surface area contributed by atoms with Crippen molar-refractivity contribution in [2.24, 2.45) is 0 Å². The number of halogens is 1. The Labute approximate surface area is 184 Å². The summed E-state index contributed by atoms with van der Waals surface area (Å²) in [4.78, 5) is 12.5. The van der Waals surface area contributed by atoms with Crippen molar-refractivity contribution in [3.8, 4) is 5.69 Å². The molecule has 1 amide bonds. The first-order chi connectivity index (χ1) is 15.3. The van der Waals surface area contributed by atoms with E-state index >= 15 is 0 Å². The number of aromatic nitrogens is 2. The molecule has 0 fully saturated rings. The van der Waals surface area contributed by atoms with Gasteiger partial charge in [0.1, 0.15) is 5.82 Å². The van der Waals surface area contributed by atoms with Crippen LogP contribution in [0.15, 0.2) is 90.0 Å². The van der Waals surface area contributed by atoms with Gasteiger partial charge in [0.05, 0.1) is 10.6 Å². The van der Waals surface area contributed by atoms with Crippen LogP contribution in [0, 0.1) is 12.7 Å². The summed E-state index contributed by atoms with van der Waals surface area (Å²) in [6.45, 7) is 1.49. The minimum atomic E-state index is -3.89. The Kier molecular flexibility index (Phi) is 5.74. The van der Waals surface area contributed by atoms with Crippen LogP contribution < -0.4 is 10.0 Å². The molecule has 7 nitrogen and oxygen atoms in total. The molecular formula is C23H19FN4O3S. The number of sulfonamides is 1. The molecule has 0 spiro atoms. The van der Waals surface area contributed by atoms with Crippen molar-refractivity contribution in [1.29, 1.82) is 0 Å². The van der Waals surface area contributed by atoms with Gasteiger partial charge in [-0.3, -0.25) is 9.52 Å². The molecule has 4 aromatic rings. The van der Waals surface area contributed by atoms with Crippen LogP contribution in [0.5, 0.6) is 0 Å². The smallest absolute Gasteiger partial charge is 0.261 e. The van der Waals surface area contributed by atoms with Crippen molar-refractivity contribution in [1.82, 2.24) is 9.78 Å². The quantitative estimate of drug-likeness (QED) is 0.456. The van der Waals surface area contributed by atoms with Gasteiger partial charge in [-0.1, -0.05) is 18.2 Å². The summed E-state index contributed by atoms with van der Waals surface area (Å²) in [5, 5.41) is 7.03. The summed E-state index contributed by atoms with van der Waals surface area (Å²) in [6, 6.07) is 20.7. The average Bonchev–Trinajstić information content (AvgIpc) is 3.25. The number of rotatable bonds is 6. The van der Waals surface area contributed by atoms with Crippen LogP contribution in [-0.4, -0.2) is 24.1 Å². The van der Waals surface area contributed by atoms with Crippen LogP contribution in [0.2, 0.25) is 0 Å². The summed E-state index contributed by atoms with van der Waals surface area (Å²) in [5.41, 5.74) is 1.70. The average molecular weight is 450 g/mol. The largest absolute Gasteiger partial charge is 0.305 e. The van der Waals surface area contributed by atoms with Gasteiger partial charge in [0.25, 0.3) is 15.9 Å². The molecule has 1 aromatic heterocycles. The van der Waals surface area contributed by atoms with E-state index in [9.17, 15) is 17.6 Å². The second-order valence-corrected chi connectivity index (χ2v) is 8.71. The second-order valence-electron chi connectivity index (χ2n) is 7.03. The number of hydrogen-bond donors (Lipinski definition) is 2. The highest BCUT2D eigenvalue weighted by molar-refractivity contribution is 7.92. The van der Waals surface area contributed by atoms with Crippen LogP contribution >= 0.6 is 0 Å². The van der Waals surface area contributed by atoms with Gasteiger partial charge in [-0.15, -0.1) is 0 Å². The van der Waals surface area contributed by atoms with Crippen molar-refractivity contribution in [2.45, 2.75) is 11.8 Å². The number of carbonyl (C=O) groups is 1. The van der Waals surface area contributed by atoms with Crippen molar-refractivity contribution in [3.63, 3.8) is 0 Å². The van der Waals surface area contributed by atoms with Crippen LogP contribution in [0.1, 0.15) is 15.9 Å². The topological polar surface area (TPSA) is 93.1 Å². The molecular weight excluding hydrogens is 431 g/mol. The Hall–Kier alpha value is -3.98. The summed E-state index contributed by atoms with van der Waals surface area (Å²) >= 11 is 0. The van der Waals surface area contributed by atoms with Crippen molar-refractivity contribution in [2.75, 3.05) is 10.0 Å². The maximum absolute atomic E-state index is 13.4. The van der Waals surface area contributed by atoms with E-state index in [1.165, 1.54) is 43.3 Å². The van der Waals surface area contributed by atoms with E-state index in [-0.39, 0.29) is 22.1 Å². The van der Waals surface area contributed by atoms with Gasteiger partial charge in [0, 0.05) is 23.5 Å². The molecule has 0 aliphatic rings. The molecule has 0 radical (unpaired) electrons. The zero-order valence-electron chi connectivity index (χ0n) is 17.0. The van der Waals surface area contributed by atoms with Gasteiger partial charge in [0.15, 0.2) is 5.82 Å². The molecule has 162 valence electrons. The predicted octanol–water partition coefficient (Wildman–Crippen LogP) is 4.37. The van der Waals surface area contributed by atoms with Gasteiger partial charge in [-0.2, -0.15) is 5.10 Å². The van der Waals surface area contributed by atoms with Crippen molar-refractivity contribution in [3.05, 3.63) is 102 Å². The van der Waals surface area contributed by atoms with E-state index in [0.29, 0.717) is 11.4 Å². The summed E-state index contributed by atoms with van der Waals surface area (Å²) in [6.07, 6.45) is 1.74. The number of hydrogen-bond acceptors (Lipinski definition) is 4. The fraction of sp³-hybridized carbons (Fsp3) is 0.0435. The van der Waals surface area contributed by atoms with E-state index < -0.39 is 15.8 Å². The lowest BCUT2D eigenvalue weighted by atomic mass is 10.2. The monoisotopic (exact) mass is 450 g/mol. The lowest BCUT2D eigenvalue weighted by Gasteiger charge is -2.10. The molecule has 1 heterocycles. The third-order valence-electron chi connectivity index (χ3n) is 4.69. The van der Waals surface area contributed by atoms with Crippen LogP contribution in [0.25, 0.3) is 5.69 Å². The number of anilines is 2. The fourth-order valence-electron chi connectivity index (χ4n) is 2.99. The third kappa shape index (κ3) is 4.68. The number of para-hydroxylation sites is 1. The number of nitrogens with zero attached hydrogens (tertiary/aromatic N) is 2. The van der Waals surface area contributed by atoms with Gasteiger partial charge < -0.3 is 5.32 Å². The molecule has 0 atom stereocenters. The first-order valence-electron chi connectivity index (χ1n) is 9.63. The minimum absolute atomic E-state index is 0.0489. The lowest BCUT2D eigenvalue weighted by molar-refractivity contribution is 0.102. The van der Waals surface area contributed by atoms with Crippen molar-refractivity contribution >= 4 is 27.4 Å². The maximum atomic E-state index is 13.4. The van der Waals surface area contributed by atoms with E-state index in [1.54, 1.807) is 16.9 Å². The molecule has 0 saturated carbocycles. The van der Waals surface area contributed by atoms with Crippen LogP contribution in [0.3, 0.4) is 0 Å².